The monoisotopic (exact) mass is 315 g/mol. The Hall–Kier alpha value is -0.990. The Morgan fingerprint density at radius 1 is 1.40 bits per heavy atom. The van der Waals surface area contributed by atoms with Crippen LogP contribution in [0.2, 0.25) is 0 Å². The summed E-state index contributed by atoms with van der Waals surface area (Å²) in [5, 5.41) is 1.73. The van der Waals surface area contributed by atoms with Crippen molar-refractivity contribution in [2.45, 2.75) is 24.8 Å². The van der Waals surface area contributed by atoms with E-state index < -0.39 is 10.0 Å². The Morgan fingerprint density at radius 3 is 2.85 bits per heavy atom. The molecule has 1 spiro atoms. The van der Waals surface area contributed by atoms with Crippen LogP contribution in [-0.4, -0.2) is 59.9 Å². The van der Waals surface area contributed by atoms with E-state index in [9.17, 15) is 13.2 Å². The largest absolute Gasteiger partial charge is 0.335 e. The number of sulfonamides is 1. The summed E-state index contributed by atoms with van der Waals surface area (Å²) in [5.74, 6) is -0.0940. The number of nitrogens with zero attached hydrogens (tertiary/aromatic N) is 3. The highest BCUT2D eigenvalue weighted by Crippen LogP contribution is 2.39. The van der Waals surface area contributed by atoms with E-state index in [2.05, 4.69) is 4.98 Å². The van der Waals surface area contributed by atoms with E-state index in [-0.39, 0.29) is 11.4 Å². The first-order chi connectivity index (χ1) is 9.42. The fraction of sp³-hybridized carbons (Fsp3) is 0.667. The van der Waals surface area contributed by atoms with Gasteiger partial charge in [-0.25, -0.2) is 13.4 Å². The van der Waals surface area contributed by atoms with Gasteiger partial charge in [0.05, 0.1) is 17.3 Å². The molecule has 2 fully saturated rings. The zero-order valence-electron chi connectivity index (χ0n) is 11.3. The fourth-order valence-corrected chi connectivity index (χ4v) is 5.28. The van der Waals surface area contributed by atoms with E-state index in [1.165, 1.54) is 17.6 Å². The topological polar surface area (TPSA) is 70.6 Å². The molecule has 1 atom stereocenters. The average Bonchev–Trinajstić information content (AvgIpc) is 3.09. The number of hydrogen-bond donors (Lipinski definition) is 0. The maximum Gasteiger partial charge on any atom is 0.273 e. The highest BCUT2D eigenvalue weighted by atomic mass is 32.2. The van der Waals surface area contributed by atoms with Gasteiger partial charge in [-0.2, -0.15) is 4.31 Å². The standard InChI is InChI=1S/C12H17N3O3S2/c1-20(17,18)15-5-2-3-12(15)4-6-14(8-12)11(16)10-7-19-9-13-10/h7,9H,2-6,8H2,1H3/t12-/m1/s1. The third-order valence-electron chi connectivity index (χ3n) is 4.20. The number of aromatic nitrogens is 1. The summed E-state index contributed by atoms with van der Waals surface area (Å²) in [4.78, 5) is 18.1. The summed E-state index contributed by atoms with van der Waals surface area (Å²) in [7, 11) is -3.22. The van der Waals surface area contributed by atoms with Gasteiger partial charge in [0.25, 0.3) is 5.91 Å². The van der Waals surface area contributed by atoms with Crippen LogP contribution >= 0.6 is 11.3 Å². The van der Waals surface area contributed by atoms with Crippen molar-refractivity contribution >= 4 is 27.3 Å². The number of thiazole rings is 1. The number of rotatable bonds is 2. The summed E-state index contributed by atoms with van der Waals surface area (Å²) < 4.78 is 25.4. The Labute approximate surface area is 122 Å². The quantitative estimate of drug-likeness (QED) is 0.809. The minimum absolute atomic E-state index is 0.0940. The number of carbonyl (C=O) groups is 1. The van der Waals surface area contributed by atoms with Crippen LogP contribution in [0.5, 0.6) is 0 Å². The second-order valence-corrected chi connectivity index (χ2v) is 8.14. The number of hydrogen-bond acceptors (Lipinski definition) is 5. The molecule has 2 aliphatic heterocycles. The van der Waals surface area contributed by atoms with Gasteiger partial charge in [0, 0.05) is 25.0 Å². The second-order valence-electron chi connectivity index (χ2n) is 5.51. The van der Waals surface area contributed by atoms with Gasteiger partial charge < -0.3 is 4.90 Å². The maximum absolute atomic E-state index is 12.3. The van der Waals surface area contributed by atoms with Crippen LogP contribution in [-0.2, 0) is 10.0 Å². The molecule has 0 radical (unpaired) electrons. The smallest absolute Gasteiger partial charge is 0.273 e. The molecule has 1 amide bonds. The molecule has 3 heterocycles. The number of carbonyl (C=O) groups excluding carboxylic acids is 1. The van der Waals surface area contributed by atoms with Gasteiger partial charge >= 0.3 is 0 Å². The van der Waals surface area contributed by atoms with Gasteiger partial charge in [0.15, 0.2) is 0 Å². The van der Waals surface area contributed by atoms with Crippen molar-refractivity contribution in [3.8, 4) is 0 Å². The van der Waals surface area contributed by atoms with E-state index in [0.29, 0.717) is 25.3 Å². The molecule has 2 saturated heterocycles. The van der Waals surface area contributed by atoms with E-state index in [1.54, 1.807) is 20.1 Å². The molecule has 0 bridgehead atoms. The predicted molar refractivity (Wildman–Crippen MR) is 76.1 cm³/mol. The van der Waals surface area contributed by atoms with Crippen LogP contribution in [0.3, 0.4) is 0 Å². The molecule has 0 saturated carbocycles. The molecular weight excluding hydrogens is 298 g/mol. The maximum atomic E-state index is 12.3. The Balaban J connectivity index is 1.81. The first kappa shape index (κ1) is 14.0. The highest BCUT2D eigenvalue weighted by Gasteiger charge is 2.50. The first-order valence-corrected chi connectivity index (χ1v) is 9.37. The minimum Gasteiger partial charge on any atom is -0.335 e. The van der Waals surface area contributed by atoms with Crippen LogP contribution in [0.15, 0.2) is 10.9 Å². The Morgan fingerprint density at radius 2 is 2.20 bits per heavy atom. The molecule has 0 N–H and O–H groups in total. The molecule has 2 aliphatic rings. The van der Waals surface area contributed by atoms with Crippen LogP contribution in [0.25, 0.3) is 0 Å². The minimum atomic E-state index is -3.22. The molecule has 20 heavy (non-hydrogen) atoms. The molecule has 1 aromatic heterocycles. The number of amides is 1. The SMILES string of the molecule is CS(=O)(=O)N1CCC[C@]12CCN(C(=O)c1cscn1)C2. The second kappa shape index (κ2) is 4.78. The molecule has 1 aromatic rings. The normalized spacial score (nSPS) is 27.6. The lowest BCUT2D eigenvalue weighted by atomic mass is 9.97. The van der Waals surface area contributed by atoms with Crippen molar-refractivity contribution in [2.75, 3.05) is 25.9 Å². The van der Waals surface area contributed by atoms with E-state index in [0.717, 1.165) is 19.3 Å². The van der Waals surface area contributed by atoms with Crippen molar-refractivity contribution in [2.24, 2.45) is 0 Å². The molecule has 0 aromatic carbocycles. The lowest BCUT2D eigenvalue weighted by molar-refractivity contribution is 0.0767. The van der Waals surface area contributed by atoms with Crippen molar-refractivity contribution in [3.63, 3.8) is 0 Å². The van der Waals surface area contributed by atoms with E-state index >= 15 is 0 Å². The zero-order chi connectivity index (χ0) is 14.4. The lowest BCUT2D eigenvalue weighted by Crippen LogP contribution is -2.49. The van der Waals surface area contributed by atoms with Gasteiger partial charge in [-0.3, -0.25) is 4.79 Å². The lowest BCUT2D eigenvalue weighted by Gasteiger charge is -2.32. The molecule has 8 heteroatoms. The van der Waals surface area contributed by atoms with Crippen molar-refractivity contribution in [1.82, 2.24) is 14.2 Å². The highest BCUT2D eigenvalue weighted by molar-refractivity contribution is 7.88. The van der Waals surface area contributed by atoms with Crippen LogP contribution in [0.4, 0.5) is 0 Å². The number of likely N-dealkylation sites (tertiary alicyclic amines) is 1. The van der Waals surface area contributed by atoms with Gasteiger partial charge in [-0.05, 0) is 19.3 Å². The first-order valence-electron chi connectivity index (χ1n) is 6.58. The molecule has 110 valence electrons. The van der Waals surface area contributed by atoms with Crippen LogP contribution < -0.4 is 0 Å². The van der Waals surface area contributed by atoms with E-state index in [1.807, 2.05) is 0 Å². The average molecular weight is 315 g/mol. The van der Waals surface area contributed by atoms with Crippen molar-refractivity contribution in [3.05, 3.63) is 16.6 Å². The molecular formula is C12H17N3O3S2. The zero-order valence-corrected chi connectivity index (χ0v) is 12.9. The third kappa shape index (κ3) is 2.25. The van der Waals surface area contributed by atoms with Gasteiger partial charge in [-0.1, -0.05) is 0 Å². The van der Waals surface area contributed by atoms with Crippen LogP contribution in [0, 0.1) is 0 Å². The van der Waals surface area contributed by atoms with Crippen LogP contribution in [0.1, 0.15) is 29.8 Å². The van der Waals surface area contributed by atoms with Crippen molar-refractivity contribution < 1.29 is 13.2 Å². The van der Waals surface area contributed by atoms with Gasteiger partial charge in [-0.15, -0.1) is 11.3 Å². The molecule has 3 rings (SSSR count). The molecule has 0 aliphatic carbocycles. The molecule has 0 unspecified atom stereocenters. The van der Waals surface area contributed by atoms with Crippen molar-refractivity contribution in [1.29, 1.82) is 0 Å². The Kier molecular flexibility index (Phi) is 3.34. The van der Waals surface area contributed by atoms with Gasteiger partial charge in [0.1, 0.15) is 5.69 Å². The summed E-state index contributed by atoms with van der Waals surface area (Å²) in [5.41, 5.74) is 1.70. The van der Waals surface area contributed by atoms with E-state index in [4.69, 9.17) is 0 Å². The summed E-state index contributed by atoms with van der Waals surface area (Å²) in [6.07, 6.45) is 3.67. The summed E-state index contributed by atoms with van der Waals surface area (Å²) >= 11 is 1.39. The molecule has 6 nitrogen and oxygen atoms in total. The van der Waals surface area contributed by atoms with Gasteiger partial charge in [0.2, 0.25) is 10.0 Å². The summed E-state index contributed by atoms with van der Waals surface area (Å²) in [6.45, 7) is 1.65. The third-order valence-corrected chi connectivity index (χ3v) is 6.16. The Bertz CT molecular complexity index is 614. The fourth-order valence-electron chi connectivity index (χ4n) is 3.35. The predicted octanol–water partition coefficient (Wildman–Crippen LogP) is 0.783. The summed E-state index contributed by atoms with van der Waals surface area (Å²) in [6, 6.07) is 0.